The van der Waals surface area contributed by atoms with E-state index in [0.29, 0.717) is 32.2 Å². The van der Waals surface area contributed by atoms with Crippen molar-refractivity contribution in [2.75, 3.05) is 11.9 Å². The van der Waals surface area contributed by atoms with Crippen LogP contribution in [0.15, 0.2) is 0 Å². The van der Waals surface area contributed by atoms with E-state index in [9.17, 15) is 15.0 Å². The number of hydrogen-bond donors (Lipinski definition) is 3. The van der Waals surface area contributed by atoms with E-state index in [0.717, 1.165) is 11.3 Å². The van der Waals surface area contributed by atoms with Crippen LogP contribution in [-0.2, 0) is 12.8 Å². The lowest BCUT2D eigenvalue weighted by Gasteiger charge is -2.14. The number of carboxylic acids is 1. The Morgan fingerprint density at radius 2 is 1.95 bits per heavy atom. The molecule has 1 aromatic rings. The molecule has 0 radical (unpaired) electrons. The molecule has 1 unspecified atom stereocenters. The maximum absolute atomic E-state index is 11.5. The van der Waals surface area contributed by atoms with Gasteiger partial charge in [-0.25, -0.2) is 4.79 Å². The van der Waals surface area contributed by atoms with Gasteiger partial charge in [-0.1, -0.05) is 20.8 Å². The van der Waals surface area contributed by atoms with E-state index in [1.165, 1.54) is 0 Å². The Labute approximate surface area is 119 Å². The van der Waals surface area contributed by atoms with Gasteiger partial charge in [-0.3, -0.25) is 0 Å². The summed E-state index contributed by atoms with van der Waals surface area (Å²) in [7, 11) is 0. The summed E-state index contributed by atoms with van der Waals surface area (Å²) in [5.74, 6) is -0.708. The van der Waals surface area contributed by atoms with E-state index >= 15 is 0 Å². The number of nitrogens with one attached hydrogen (secondary N) is 1. The molecule has 0 saturated heterocycles. The first-order chi connectivity index (χ1) is 9.54. The average Bonchev–Trinajstić information content (AvgIpc) is 2.45. The molecule has 1 atom stereocenters. The molecule has 0 amide bonds. The van der Waals surface area contributed by atoms with Crippen LogP contribution >= 0.6 is 0 Å². The van der Waals surface area contributed by atoms with Crippen LogP contribution in [0.5, 0.6) is 0 Å². The number of nitrogens with zero attached hydrogens (tertiary/aromatic N) is 2. The van der Waals surface area contributed by atoms with E-state index in [2.05, 4.69) is 15.5 Å². The minimum atomic E-state index is -0.995. The van der Waals surface area contributed by atoms with Crippen LogP contribution in [0.4, 0.5) is 5.82 Å². The highest BCUT2D eigenvalue weighted by molar-refractivity contribution is 5.95. The number of carboxylic acid groups (broad SMARTS) is 1. The van der Waals surface area contributed by atoms with Gasteiger partial charge >= 0.3 is 5.97 Å². The van der Waals surface area contributed by atoms with Gasteiger partial charge < -0.3 is 15.5 Å². The smallest absolute Gasteiger partial charge is 0.339 e. The lowest BCUT2D eigenvalue weighted by Crippen LogP contribution is -2.18. The van der Waals surface area contributed by atoms with Gasteiger partial charge in [-0.2, -0.15) is 5.10 Å². The number of carbonyl (C=O) groups is 1. The second kappa shape index (κ2) is 7.79. The number of aromatic nitrogens is 2. The van der Waals surface area contributed by atoms with Crippen molar-refractivity contribution in [2.24, 2.45) is 0 Å². The Morgan fingerprint density at radius 3 is 2.45 bits per heavy atom. The molecule has 112 valence electrons. The molecule has 0 aromatic carbocycles. The number of anilines is 1. The number of aliphatic hydroxyl groups excluding tert-OH is 1. The first-order valence-corrected chi connectivity index (χ1v) is 7.08. The Morgan fingerprint density at radius 1 is 1.25 bits per heavy atom. The maximum Gasteiger partial charge on any atom is 0.339 e. The van der Waals surface area contributed by atoms with Crippen LogP contribution in [0.3, 0.4) is 0 Å². The molecule has 0 fully saturated rings. The van der Waals surface area contributed by atoms with Gasteiger partial charge in [-0.15, -0.1) is 5.10 Å². The molecular formula is C14H23N3O3. The number of aliphatic hydroxyl groups is 1. The average molecular weight is 281 g/mol. The van der Waals surface area contributed by atoms with Crippen molar-refractivity contribution in [3.8, 4) is 0 Å². The third kappa shape index (κ3) is 3.90. The zero-order valence-corrected chi connectivity index (χ0v) is 12.3. The molecule has 1 rings (SSSR count). The minimum Gasteiger partial charge on any atom is -0.478 e. The van der Waals surface area contributed by atoms with E-state index in [-0.39, 0.29) is 17.5 Å². The molecule has 0 spiro atoms. The van der Waals surface area contributed by atoms with Crippen molar-refractivity contribution in [2.45, 2.75) is 52.6 Å². The monoisotopic (exact) mass is 281 g/mol. The molecule has 1 aromatic heterocycles. The number of aryl methyl sites for hydroxylation is 1. The fraction of sp³-hybridized carbons (Fsp3) is 0.643. The van der Waals surface area contributed by atoms with Crippen molar-refractivity contribution in [3.05, 3.63) is 16.8 Å². The summed E-state index contributed by atoms with van der Waals surface area (Å²) in [5, 5.41) is 29.9. The van der Waals surface area contributed by atoms with Gasteiger partial charge in [0, 0.05) is 6.54 Å². The zero-order chi connectivity index (χ0) is 15.1. The van der Waals surface area contributed by atoms with Crippen LogP contribution in [0, 0.1) is 0 Å². The molecule has 6 heteroatoms. The quantitative estimate of drug-likeness (QED) is 0.673. The van der Waals surface area contributed by atoms with E-state index in [4.69, 9.17) is 0 Å². The van der Waals surface area contributed by atoms with Gasteiger partial charge in [0.1, 0.15) is 5.56 Å². The van der Waals surface area contributed by atoms with Crippen molar-refractivity contribution in [3.63, 3.8) is 0 Å². The number of rotatable bonds is 8. The Balaban J connectivity index is 2.98. The first kappa shape index (κ1) is 16.4. The van der Waals surface area contributed by atoms with Crippen molar-refractivity contribution in [1.82, 2.24) is 10.2 Å². The normalized spacial score (nSPS) is 12.2. The lowest BCUT2D eigenvalue weighted by atomic mass is 10.0. The predicted octanol–water partition coefficient (Wildman–Crippen LogP) is 1.87. The highest BCUT2D eigenvalue weighted by Crippen LogP contribution is 2.21. The largest absolute Gasteiger partial charge is 0.478 e. The van der Waals surface area contributed by atoms with Crippen molar-refractivity contribution < 1.29 is 15.0 Å². The van der Waals surface area contributed by atoms with Crippen LogP contribution in [0.1, 0.15) is 55.2 Å². The van der Waals surface area contributed by atoms with E-state index in [1.54, 1.807) is 0 Å². The zero-order valence-electron chi connectivity index (χ0n) is 12.3. The fourth-order valence-corrected chi connectivity index (χ4v) is 2.09. The SMILES string of the molecule is CCc1nnc(NCCC(O)CC)c(C(=O)O)c1CC. The predicted molar refractivity (Wildman–Crippen MR) is 77.2 cm³/mol. The molecule has 0 aliphatic carbocycles. The third-order valence-electron chi connectivity index (χ3n) is 3.30. The van der Waals surface area contributed by atoms with Gasteiger partial charge in [0.05, 0.1) is 11.8 Å². The fourth-order valence-electron chi connectivity index (χ4n) is 2.09. The summed E-state index contributed by atoms with van der Waals surface area (Å²) in [6.45, 7) is 6.21. The summed E-state index contributed by atoms with van der Waals surface area (Å²) in [5.41, 5.74) is 1.66. The Kier molecular flexibility index (Phi) is 6.38. The van der Waals surface area contributed by atoms with Gasteiger partial charge in [0.2, 0.25) is 0 Å². The third-order valence-corrected chi connectivity index (χ3v) is 3.30. The molecule has 3 N–H and O–H groups in total. The molecule has 0 aliphatic rings. The van der Waals surface area contributed by atoms with Gasteiger partial charge in [0.25, 0.3) is 0 Å². The molecule has 0 aliphatic heterocycles. The van der Waals surface area contributed by atoms with E-state index in [1.807, 2.05) is 20.8 Å². The summed E-state index contributed by atoms with van der Waals surface area (Å²) in [6.07, 6.45) is 2.10. The first-order valence-electron chi connectivity index (χ1n) is 7.08. The molecule has 6 nitrogen and oxygen atoms in total. The Hall–Kier alpha value is -1.69. The number of hydrogen-bond acceptors (Lipinski definition) is 5. The van der Waals surface area contributed by atoms with E-state index < -0.39 is 5.97 Å². The molecule has 0 saturated carbocycles. The van der Waals surface area contributed by atoms with Crippen molar-refractivity contribution in [1.29, 1.82) is 0 Å². The second-order valence-electron chi connectivity index (χ2n) is 4.64. The molecule has 20 heavy (non-hydrogen) atoms. The standard InChI is InChI=1S/C14H23N3O3/c1-4-9(18)7-8-15-13-12(14(19)20)10(5-2)11(6-3)16-17-13/h9,18H,4-8H2,1-3H3,(H,15,17)(H,19,20). The summed E-state index contributed by atoms with van der Waals surface area (Å²) in [4.78, 5) is 11.5. The topological polar surface area (TPSA) is 95.3 Å². The molecule has 1 heterocycles. The maximum atomic E-state index is 11.5. The Bertz CT molecular complexity index is 463. The lowest BCUT2D eigenvalue weighted by molar-refractivity contribution is 0.0696. The summed E-state index contributed by atoms with van der Waals surface area (Å²) < 4.78 is 0. The van der Waals surface area contributed by atoms with Crippen LogP contribution in [0.2, 0.25) is 0 Å². The van der Waals surface area contributed by atoms with Gasteiger partial charge in [-0.05, 0) is 31.2 Å². The summed E-state index contributed by atoms with van der Waals surface area (Å²) in [6, 6.07) is 0. The van der Waals surface area contributed by atoms with Crippen LogP contribution < -0.4 is 5.32 Å². The van der Waals surface area contributed by atoms with Crippen molar-refractivity contribution >= 4 is 11.8 Å². The molecule has 0 bridgehead atoms. The summed E-state index contributed by atoms with van der Waals surface area (Å²) >= 11 is 0. The second-order valence-corrected chi connectivity index (χ2v) is 4.64. The number of aromatic carboxylic acids is 1. The molecular weight excluding hydrogens is 258 g/mol. The van der Waals surface area contributed by atoms with Crippen LogP contribution in [0.25, 0.3) is 0 Å². The van der Waals surface area contributed by atoms with Crippen LogP contribution in [-0.4, -0.2) is 39.0 Å². The highest BCUT2D eigenvalue weighted by atomic mass is 16.4. The van der Waals surface area contributed by atoms with Gasteiger partial charge in [0.15, 0.2) is 5.82 Å². The highest BCUT2D eigenvalue weighted by Gasteiger charge is 2.20. The minimum absolute atomic E-state index is 0.199.